The molecule has 1 N–H and O–H groups in total. The SMILES string of the molecule is C=C[C@H]1Nc2ncnc3c2cc(C2(C#N)CCOC2)c(=O)n3CCCCCCC(C)N2C(C)CC(CC2C)C(F)(F)c2cccc1c2F. The van der Waals surface area contributed by atoms with Gasteiger partial charge in [0.2, 0.25) is 0 Å². The van der Waals surface area contributed by atoms with E-state index in [1.54, 1.807) is 10.6 Å². The van der Waals surface area contributed by atoms with Crippen molar-refractivity contribution in [2.75, 3.05) is 18.5 Å². The lowest BCUT2D eigenvalue weighted by Gasteiger charge is -2.47. The van der Waals surface area contributed by atoms with E-state index in [0.717, 1.165) is 32.1 Å². The molecule has 2 saturated heterocycles. The Morgan fingerprint density at radius 3 is 2.52 bits per heavy atom. The van der Waals surface area contributed by atoms with Crippen molar-refractivity contribution in [1.29, 1.82) is 5.26 Å². The van der Waals surface area contributed by atoms with Crippen molar-refractivity contribution in [3.8, 4) is 6.07 Å². The van der Waals surface area contributed by atoms with Crippen LogP contribution in [-0.2, 0) is 22.6 Å². The van der Waals surface area contributed by atoms with E-state index in [0.29, 0.717) is 36.2 Å². The minimum absolute atomic E-state index is 0.0122. The third kappa shape index (κ3) is 6.02. The Labute approximate surface area is 280 Å². The van der Waals surface area contributed by atoms with E-state index in [-0.39, 0.29) is 54.5 Å². The number of pyridine rings is 1. The van der Waals surface area contributed by atoms with Gasteiger partial charge >= 0.3 is 0 Å². The number of nitrogens with zero attached hydrogens (tertiary/aromatic N) is 5. The van der Waals surface area contributed by atoms with Crippen molar-refractivity contribution < 1.29 is 17.9 Å². The van der Waals surface area contributed by atoms with E-state index in [9.17, 15) is 10.1 Å². The van der Waals surface area contributed by atoms with E-state index >= 15 is 13.2 Å². The summed E-state index contributed by atoms with van der Waals surface area (Å²) in [7, 11) is 0. The normalized spacial score (nSPS) is 31.1. The van der Waals surface area contributed by atoms with E-state index in [1.165, 1.54) is 30.6 Å². The number of hydrogen-bond donors (Lipinski definition) is 1. The number of hydrogen-bond acceptors (Lipinski definition) is 7. The van der Waals surface area contributed by atoms with Crippen molar-refractivity contribution >= 4 is 16.9 Å². The lowest BCUT2D eigenvalue weighted by molar-refractivity contribution is -0.112. The van der Waals surface area contributed by atoms with Crippen LogP contribution in [0.3, 0.4) is 0 Å². The molecule has 0 amide bonds. The van der Waals surface area contributed by atoms with Gasteiger partial charge in [-0.25, -0.2) is 23.1 Å². The van der Waals surface area contributed by atoms with Gasteiger partial charge in [-0.3, -0.25) is 14.3 Å². The lowest BCUT2D eigenvalue weighted by atomic mass is 9.79. The molecule has 4 aliphatic heterocycles. The van der Waals surface area contributed by atoms with Crippen molar-refractivity contribution in [2.24, 2.45) is 5.92 Å². The van der Waals surface area contributed by atoms with E-state index in [1.807, 2.05) is 13.8 Å². The molecule has 5 atom stereocenters. The van der Waals surface area contributed by atoms with Gasteiger partial charge in [-0.1, -0.05) is 43.5 Å². The number of benzene rings is 1. The van der Waals surface area contributed by atoms with E-state index in [2.05, 4.69) is 39.8 Å². The summed E-state index contributed by atoms with van der Waals surface area (Å²) in [5.74, 6) is -5.10. The second-order valence-corrected chi connectivity index (χ2v) is 14.0. The summed E-state index contributed by atoms with van der Waals surface area (Å²) in [6.07, 6.45) is 8.18. The fourth-order valence-corrected chi connectivity index (χ4v) is 8.43. The molecule has 2 aromatic heterocycles. The summed E-state index contributed by atoms with van der Waals surface area (Å²) in [4.78, 5) is 25.4. The predicted molar refractivity (Wildman–Crippen MR) is 179 cm³/mol. The number of nitriles is 1. The molecule has 7 rings (SSSR count). The summed E-state index contributed by atoms with van der Waals surface area (Å²) < 4.78 is 56.3. The van der Waals surface area contributed by atoms with Crippen LogP contribution in [0.5, 0.6) is 0 Å². The molecule has 0 aliphatic carbocycles. The molecule has 8 bridgehead atoms. The molecule has 4 aliphatic rings. The molecular formula is C37H45F3N6O2. The zero-order valence-corrected chi connectivity index (χ0v) is 28.0. The molecule has 4 unspecified atom stereocenters. The van der Waals surface area contributed by atoms with Gasteiger partial charge in [0.25, 0.3) is 11.5 Å². The molecular weight excluding hydrogens is 617 g/mol. The quantitative estimate of drug-likeness (QED) is 0.286. The smallest absolute Gasteiger partial charge is 0.278 e. The van der Waals surface area contributed by atoms with Crippen LogP contribution < -0.4 is 10.9 Å². The first-order valence-corrected chi connectivity index (χ1v) is 17.2. The van der Waals surface area contributed by atoms with Crippen LogP contribution in [0.2, 0.25) is 0 Å². The fraction of sp³-hybridized carbons (Fsp3) is 0.568. The molecule has 256 valence electrons. The van der Waals surface area contributed by atoms with Gasteiger partial charge in [-0.05, 0) is 58.9 Å². The topological polar surface area (TPSA) is 96.1 Å². The highest BCUT2D eigenvalue weighted by Gasteiger charge is 2.49. The minimum Gasteiger partial charge on any atom is -0.379 e. The van der Waals surface area contributed by atoms with Gasteiger partial charge in [0.05, 0.1) is 29.7 Å². The average Bonchev–Trinajstić information content (AvgIpc) is 3.55. The minimum atomic E-state index is -3.38. The second kappa shape index (κ2) is 13.6. The summed E-state index contributed by atoms with van der Waals surface area (Å²) in [5.41, 5.74) is -1.35. The number of aromatic nitrogens is 3. The van der Waals surface area contributed by atoms with Crippen LogP contribution in [0.15, 0.2) is 48.0 Å². The predicted octanol–water partition coefficient (Wildman–Crippen LogP) is 7.38. The number of rotatable bonds is 2. The van der Waals surface area contributed by atoms with Crippen LogP contribution in [-0.4, -0.2) is 50.8 Å². The maximum atomic E-state index is 16.4. The Balaban J connectivity index is 1.48. The number of nitrogens with one attached hydrogen (secondary N) is 1. The maximum absolute atomic E-state index is 16.4. The number of halogens is 3. The molecule has 3 aromatic rings. The summed E-state index contributed by atoms with van der Waals surface area (Å²) >= 11 is 0. The van der Waals surface area contributed by atoms with E-state index in [4.69, 9.17) is 4.74 Å². The average molecular weight is 663 g/mol. The second-order valence-electron chi connectivity index (χ2n) is 14.0. The van der Waals surface area contributed by atoms with Crippen LogP contribution in [0, 0.1) is 23.1 Å². The van der Waals surface area contributed by atoms with Gasteiger partial charge in [-0.15, -0.1) is 6.58 Å². The fourth-order valence-electron chi connectivity index (χ4n) is 8.43. The first kappa shape index (κ1) is 34.1. The number of piperidine rings is 1. The number of fused-ring (bicyclic) bond motifs is 9. The molecule has 11 heteroatoms. The van der Waals surface area contributed by atoms with Crippen molar-refractivity contribution in [1.82, 2.24) is 19.4 Å². The zero-order valence-electron chi connectivity index (χ0n) is 28.0. The van der Waals surface area contributed by atoms with Crippen LogP contribution in [0.4, 0.5) is 19.0 Å². The van der Waals surface area contributed by atoms with Gasteiger partial charge in [0.1, 0.15) is 29.0 Å². The third-order valence-corrected chi connectivity index (χ3v) is 10.9. The van der Waals surface area contributed by atoms with Gasteiger partial charge in [0.15, 0.2) is 0 Å². The Kier molecular flexibility index (Phi) is 9.69. The van der Waals surface area contributed by atoms with Crippen LogP contribution >= 0.6 is 0 Å². The molecule has 0 saturated carbocycles. The van der Waals surface area contributed by atoms with Crippen molar-refractivity contribution in [3.05, 3.63) is 76.1 Å². The van der Waals surface area contributed by atoms with Crippen LogP contribution in [0.1, 0.15) is 94.9 Å². The van der Waals surface area contributed by atoms with Crippen molar-refractivity contribution in [2.45, 2.75) is 114 Å². The highest BCUT2D eigenvalue weighted by atomic mass is 19.3. The first-order chi connectivity index (χ1) is 23.0. The van der Waals surface area contributed by atoms with Gasteiger partial charge in [0, 0.05) is 48.3 Å². The van der Waals surface area contributed by atoms with Crippen molar-refractivity contribution in [3.63, 3.8) is 0 Å². The molecule has 6 heterocycles. The largest absolute Gasteiger partial charge is 0.379 e. The summed E-state index contributed by atoms with van der Waals surface area (Å²) in [6.45, 7) is 10.9. The monoisotopic (exact) mass is 662 g/mol. The molecule has 2 fully saturated rings. The maximum Gasteiger partial charge on any atom is 0.278 e. The standard InChI is InChI=1S/C37H45F3N6O2/c1-5-31-27-12-10-13-29(32(27)38)37(39,40)26-17-24(3)46(25(4)18-26)23(2)11-8-6-7-9-15-45-34-28(33(44-31)42-22-43-34)19-30(35(45)47)36(20-41)14-16-48-21-36/h5,10,12-13,19,22-26,31H,1,6-9,11,14-18,21H2,2-4H3,(H,42,43,44)/t23?,24?,25?,26?,31-,36?/m1/s1. The molecule has 8 nitrogen and oxygen atoms in total. The molecule has 48 heavy (non-hydrogen) atoms. The highest BCUT2D eigenvalue weighted by molar-refractivity contribution is 5.87. The van der Waals surface area contributed by atoms with Gasteiger partial charge in [-0.2, -0.15) is 5.26 Å². The van der Waals surface area contributed by atoms with Gasteiger partial charge < -0.3 is 10.1 Å². The Hall–Kier alpha value is -3.75. The summed E-state index contributed by atoms with van der Waals surface area (Å²) in [5, 5.41) is 13.9. The number of ether oxygens (including phenoxy) is 1. The molecule has 1 aromatic carbocycles. The van der Waals surface area contributed by atoms with Crippen LogP contribution in [0.25, 0.3) is 11.0 Å². The third-order valence-electron chi connectivity index (χ3n) is 10.9. The number of anilines is 1. The number of alkyl halides is 2. The summed E-state index contributed by atoms with van der Waals surface area (Å²) in [6, 6.07) is 7.24. The Bertz CT molecular complexity index is 1750. The zero-order chi connectivity index (χ0) is 34.2. The van der Waals surface area contributed by atoms with E-state index < -0.39 is 34.7 Å². The lowest BCUT2D eigenvalue weighted by Crippen LogP contribution is -2.53. The molecule has 0 radical (unpaired) electrons. The Morgan fingerprint density at radius 2 is 1.83 bits per heavy atom. The first-order valence-electron chi connectivity index (χ1n) is 17.2. The number of aryl methyl sites for hydroxylation is 1. The Morgan fingerprint density at radius 1 is 1.08 bits per heavy atom. The highest BCUT2D eigenvalue weighted by Crippen LogP contribution is 2.47. The molecule has 0 spiro atoms.